The molecule has 2 nitrogen and oxygen atoms in total. The summed E-state index contributed by atoms with van der Waals surface area (Å²) < 4.78 is 1.35. The van der Waals surface area contributed by atoms with Crippen molar-refractivity contribution in [1.29, 1.82) is 0 Å². The Hall–Kier alpha value is -1.22. The molecule has 2 N–H and O–H groups in total. The van der Waals surface area contributed by atoms with Gasteiger partial charge in [0.15, 0.2) is 0 Å². The second kappa shape index (κ2) is 1.68. The Morgan fingerprint density at radius 2 is 2.36 bits per heavy atom. The summed E-state index contributed by atoms with van der Waals surface area (Å²) in [5, 5.41) is 9.55. The average Bonchev–Trinajstić information content (AvgIpc) is 2.52. The van der Waals surface area contributed by atoms with Gasteiger partial charge in [-0.2, -0.15) is 0 Å². The van der Waals surface area contributed by atoms with Crippen molar-refractivity contribution in [2.24, 2.45) is 0 Å². The minimum atomic E-state index is 1.23. The molecule has 3 rings (SSSR count). The molecule has 0 fully saturated rings. The Labute approximate surface area is 67.2 Å². The minimum Gasteiger partial charge on any atom is -0.307 e. The van der Waals surface area contributed by atoms with Crippen LogP contribution in [0.5, 0.6) is 0 Å². The van der Waals surface area contributed by atoms with E-state index < -0.39 is 0 Å². The lowest BCUT2D eigenvalue weighted by Gasteiger charge is -1.81. The van der Waals surface area contributed by atoms with Gasteiger partial charge in [-0.1, -0.05) is 0 Å². The fourth-order valence-electron chi connectivity index (χ4n) is 1.44. The molecule has 2 aliphatic rings. The predicted octanol–water partition coefficient (Wildman–Crippen LogP) is 2.66. The van der Waals surface area contributed by atoms with E-state index in [9.17, 15) is 0 Å². The van der Waals surface area contributed by atoms with E-state index >= 15 is 0 Å². The van der Waals surface area contributed by atoms with Crippen molar-refractivity contribution in [2.75, 3.05) is 0 Å². The highest BCUT2D eigenvalue weighted by Crippen LogP contribution is 2.35. The Balaban J connectivity index is 2.64. The van der Waals surface area contributed by atoms with Crippen LogP contribution in [0.4, 0.5) is 0 Å². The molecule has 2 heterocycles. The zero-order valence-electron chi connectivity index (χ0n) is 5.72. The zero-order chi connectivity index (χ0) is 7.26. The summed E-state index contributed by atoms with van der Waals surface area (Å²) in [7, 11) is 0. The van der Waals surface area contributed by atoms with Crippen molar-refractivity contribution in [1.82, 2.24) is 10.2 Å². The molecule has 0 aromatic carbocycles. The molecule has 0 saturated heterocycles. The third-order valence-corrected chi connectivity index (χ3v) is 2.89. The highest BCUT2D eigenvalue weighted by atomic mass is 32.1. The Morgan fingerprint density at radius 1 is 1.36 bits per heavy atom. The van der Waals surface area contributed by atoms with Crippen LogP contribution < -0.4 is 0 Å². The number of fused-ring (bicyclic) bond motifs is 3. The lowest BCUT2D eigenvalue weighted by atomic mass is 10.3. The summed E-state index contributed by atoms with van der Waals surface area (Å²) in [5.74, 6) is 0. The largest absolute Gasteiger partial charge is 0.307 e. The number of aromatic nitrogens is 2. The fourth-order valence-corrected chi connectivity index (χ4v) is 2.34. The van der Waals surface area contributed by atoms with Crippen LogP contribution in [0.2, 0.25) is 0 Å². The first-order chi connectivity index (χ1) is 5.45. The molecule has 1 aromatic heterocycles. The zero-order valence-corrected chi connectivity index (χ0v) is 6.53. The molecule has 0 spiro atoms. The number of hydrogen-bond donors (Lipinski definition) is 2. The molecule has 54 valence electrons. The standard InChI is InChI=1S/C8H6N2S/c1-2-11-8-5(1)3-6-4-9-10-7(6)8/h1-4,9-10H. The van der Waals surface area contributed by atoms with E-state index in [1.807, 2.05) is 6.20 Å². The summed E-state index contributed by atoms with van der Waals surface area (Å²) in [4.78, 5) is 0. The van der Waals surface area contributed by atoms with Crippen LogP contribution in [-0.4, -0.2) is 10.2 Å². The van der Waals surface area contributed by atoms with Gasteiger partial charge < -0.3 is 5.10 Å². The predicted molar refractivity (Wildman–Crippen MR) is 47.1 cm³/mol. The summed E-state index contributed by atoms with van der Waals surface area (Å²) in [6.07, 6.45) is 1.99. The summed E-state index contributed by atoms with van der Waals surface area (Å²) in [5.41, 5.74) is 2.50. The van der Waals surface area contributed by atoms with Crippen LogP contribution in [0, 0.1) is 0 Å². The number of hydrogen-bond acceptors (Lipinski definition) is 1. The first-order valence-electron chi connectivity index (χ1n) is 3.47. The van der Waals surface area contributed by atoms with E-state index in [-0.39, 0.29) is 0 Å². The SMILES string of the molecule is c1cc2cc3c[nH][nH]c-3c2s1. The Kier molecular flexibility index (Phi) is 0.830. The van der Waals surface area contributed by atoms with Crippen LogP contribution in [-0.2, 0) is 0 Å². The van der Waals surface area contributed by atoms with Gasteiger partial charge in [-0.05, 0) is 22.9 Å². The Morgan fingerprint density at radius 3 is 3.36 bits per heavy atom. The van der Waals surface area contributed by atoms with E-state index in [4.69, 9.17) is 0 Å². The topological polar surface area (TPSA) is 31.6 Å². The second-order valence-corrected chi connectivity index (χ2v) is 3.51. The highest BCUT2D eigenvalue weighted by molar-refractivity contribution is 7.17. The number of aromatic amines is 2. The summed E-state index contributed by atoms with van der Waals surface area (Å²) in [6, 6.07) is 4.34. The molecule has 1 aromatic rings. The minimum absolute atomic E-state index is 1.23. The molecule has 3 heteroatoms. The molecule has 0 atom stereocenters. The molecule has 0 saturated carbocycles. The van der Waals surface area contributed by atoms with Crippen LogP contribution in [0.25, 0.3) is 21.3 Å². The van der Waals surface area contributed by atoms with Crippen LogP contribution in [0.1, 0.15) is 0 Å². The van der Waals surface area contributed by atoms with Gasteiger partial charge >= 0.3 is 0 Å². The van der Waals surface area contributed by atoms with Gasteiger partial charge in [0.05, 0.1) is 10.4 Å². The molecule has 0 unspecified atom stereocenters. The average molecular weight is 162 g/mol. The number of H-pyrrole nitrogens is 2. The highest BCUT2D eigenvalue weighted by Gasteiger charge is 2.10. The first kappa shape index (κ1) is 5.43. The lowest BCUT2D eigenvalue weighted by molar-refractivity contribution is 1.11. The van der Waals surface area contributed by atoms with Gasteiger partial charge in [0.25, 0.3) is 0 Å². The molecular formula is C8H6N2S. The fraction of sp³-hybridized carbons (Fsp3) is 0. The maximum absolute atomic E-state index is 3.11. The van der Waals surface area contributed by atoms with Gasteiger partial charge in [-0.3, -0.25) is 5.10 Å². The van der Waals surface area contributed by atoms with Gasteiger partial charge in [-0.15, -0.1) is 11.3 Å². The van der Waals surface area contributed by atoms with E-state index in [0.29, 0.717) is 0 Å². The Bertz CT molecular complexity index is 459. The summed E-state index contributed by atoms with van der Waals surface area (Å²) in [6.45, 7) is 0. The quantitative estimate of drug-likeness (QED) is 0.509. The van der Waals surface area contributed by atoms with Gasteiger partial charge in [0, 0.05) is 11.8 Å². The normalized spacial score (nSPS) is 11.6. The van der Waals surface area contributed by atoms with Crippen molar-refractivity contribution in [3.63, 3.8) is 0 Å². The lowest BCUT2D eigenvalue weighted by Crippen LogP contribution is -1.64. The van der Waals surface area contributed by atoms with Gasteiger partial charge in [0.2, 0.25) is 0 Å². The van der Waals surface area contributed by atoms with Gasteiger partial charge in [-0.25, -0.2) is 0 Å². The molecule has 0 radical (unpaired) electrons. The maximum atomic E-state index is 3.11. The van der Waals surface area contributed by atoms with E-state index in [0.717, 1.165) is 0 Å². The second-order valence-electron chi connectivity index (χ2n) is 2.59. The van der Waals surface area contributed by atoms with Crippen LogP contribution >= 0.6 is 11.3 Å². The van der Waals surface area contributed by atoms with Crippen molar-refractivity contribution in [3.8, 4) is 11.3 Å². The molecule has 1 aliphatic heterocycles. The van der Waals surface area contributed by atoms with Crippen molar-refractivity contribution in [2.45, 2.75) is 0 Å². The van der Waals surface area contributed by atoms with Crippen LogP contribution in [0.15, 0.2) is 23.7 Å². The third kappa shape index (κ3) is 0.563. The number of rotatable bonds is 0. The number of nitrogens with one attached hydrogen (secondary N) is 2. The van der Waals surface area contributed by atoms with E-state index in [2.05, 4.69) is 27.7 Å². The van der Waals surface area contributed by atoms with E-state index in [1.54, 1.807) is 11.3 Å². The molecular weight excluding hydrogens is 156 g/mol. The third-order valence-electron chi connectivity index (χ3n) is 1.95. The van der Waals surface area contributed by atoms with Crippen molar-refractivity contribution < 1.29 is 0 Å². The van der Waals surface area contributed by atoms with Crippen molar-refractivity contribution in [3.05, 3.63) is 23.7 Å². The smallest absolute Gasteiger partial charge is 0.0805 e. The van der Waals surface area contributed by atoms with Crippen molar-refractivity contribution >= 4 is 21.4 Å². The molecule has 11 heavy (non-hydrogen) atoms. The van der Waals surface area contributed by atoms with Gasteiger partial charge in [0.1, 0.15) is 0 Å². The summed E-state index contributed by atoms with van der Waals surface area (Å²) >= 11 is 1.78. The maximum Gasteiger partial charge on any atom is 0.0805 e. The molecule has 1 aliphatic carbocycles. The van der Waals surface area contributed by atoms with Crippen LogP contribution in [0.3, 0.4) is 0 Å². The van der Waals surface area contributed by atoms with E-state index in [1.165, 1.54) is 21.3 Å². The molecule has 0 bridgehead atoms. The monoisotopic (exact) mass is 162 g/mol. The first-order valence-corrected chi connectivity index (χ1v) is 4.35. The molecule has 0 amide bonds. The number of thiophene rings is 1.